The molecule has 1 amide bonds. The number of carbonyl (C=O) groups is 1. The van der Waals surface area contributed by atoms with Gasteiger partial charge in [-0.1, -0.05) is 18.2 Å². The maximum absolute atomic E-state index is 11.1. The van der Waals surface area contributed by atoms with Crippen LogP contribution in [0.1, 0.15) is 12.5 Å². The van der Waals surface area contributed by atoms with Gasteiger partial charge in [0.2, 0.25) is 0 Å². The van der Waals surface area contributed by atoms with Gasteiger partial charge < -0.3 is 15.0 Å². The first-order chi connectivity index (χ1) is 8.20. The van der Waals surface area contributed by atoms with Crippen LogP contribution in [0.5, 0.6) is 0 Å². The number of benzene rings is 1. The summed E-state index contributed by atoms with van der Waals surface area (Å²) in [5, 5.41) is 3.96. The number of para-hydroxylation sites is 1. The van der Waals surface area contributed by atoms with Crippen molar-refractivity contribution in [2.24, 2.45) is 0 Å². The topological polar surface area (TPSA) is 54.1 Å². The number of hydrogen-bond acceptors (Lipinski definition) is 2. The molecule has 1 aromatic carbocycles. The van der Waals surface area contributed by atoms with Crippen molar-refractivity contribution in [3.05, 3.63) is 36.0 Å². The van der Waals surface area contributed by atoms with Crippen LogP contribution in [0.3, 0.4) is 0 Å². The van der Waals surface area contributed by atoms with Crippen LogP contribution in [0.15, 0.2) is 30.5 Å². The number of hydrogen-bond donors (Lipinski definition) is 2. The molecule has 90 valence electrons. The summed E-state index contributed by atoms with van der Waals surface area (Å²) in [6.45, 7) is 1.96. The van der Waals surface area contributed by atoms with E-state index in [2.05, 4.69) is 21.1 Å². The van der Waals surface area contributed by atoms with Gasteiger partial charge >= 0.3 is 6.09 Å². The van der Waals surface area contributed by atoms with Crippen LogP contribution in [-0.4, -0.2) is 24.2 Å². The number of alkyl carbamates (subject to hydrolysis) is 1. The van der Waals surface area contributed by atoms with Crippen molar-refractivity contribution in [1.82, 2.24) is 10.3 Å². The summed E-state index contributed by atoms with van der Waals surface area (Å²) in [6, 6.07) is 8.17. The number of ether oxygens (including phenoxy) is 1. The molecule has 4 heteroatoms. The molecule has 0 radical (unpaired) electrons. The van der Waals surface area contributed by atoms with Gasteiger partial charge in [0.25, 0.3) is 0 Å². The highest BCUT2D eigenvalue weighted by atomic mass is 16.5. The lowest BCUT2D eigenvalue weighted by atomic mass is 10.1. The number of aromatic nitrogens is 1. The number of carbonyl (C=O) groups excluding carboxylic acids is 1. The lowest BCUT2D eigenvalue weighted by molar-refractivity contribution is 0.167. The van der Waals surface area contributed by atoms with E-state index < -0.39 is 6.09 Å². The number of amides is 1. The van der Waals surface area contributed by atoms with Crippen LogP contribution < -0.4 is 5.32 Å². The molecule has 1 atom stereocenters. The molecule has 2 rings (SSSR count). The monoisotopic (exact) mass is 232 g/mol. The van der Waals surface area contributed by atoms with Gasteiger partial charge in [0.15, 0.2) is 0 Å². The molecule has 0 aliphatic rings. The number of aromatic amines is 1. The fourth-order valence-corrected chi connectivity index (χ4v) is 1.94. The van der Waals surface area contributed by atoms with Gasteiger partial charge in [-0.3, -0.25) is 0 Å². The summed E-state index contributed by atoms with van der Waals surface area (Å²) in [4.78, 5) is 14.3. The Balaban J connectivity index is 2.10. The number of nitrogens with one attached hydrogen (secondary N) is 2. The smallest absolute Gasteiger partial charge is 0.407 e. The average Bonchev–Trinajstić information content (AvgIpc) is 2.72. The van der Waals surface area contributed by atoms with E-state index >= 15 is 0 Å². The summed E-state index contributed by atoms with van der Waals surface area (Å²) in [5.41, 5.74) is 2.32. The summed E-state index contributed by atoms with van der Waals surface area (Å²) < 4.78 is 4.57. The Kier molecular flexibility index (Phi) is 3.32. The first-order valence-corrected chi connectivity index (χ1v) is 5.60. The zero-order chi connectivity index (χ0) is 12.3. The third kappa shape index (κ3) is 2.58. The highest BCUT2D eigenvalue weighted by Crippen LogP contribution is 2.18. The lowest BCUT2D eigenvalue weighted by Crippen LogP contribution is -2.33. The van der Waals surface area contributed by atoms with Crippen LogP contribution in [0.25, 0.3) is 10.9 Å². The Labute approximate surface area is 100.0 Å². The van der Waals surface area contributed by atoms with Crippen LogP contribution in [0, 0.1) is 0 Å². The highest BCUT2D eigenvalue weighted by Gasteiger charge is 2.10. The van der Waals surface area contributed by atoms with E-state index in [0.29, 0.717) is 0 Å². The third-order valence-corrected chi connectivity index (χ3v) is 2.75. The van der Waals surface area contributed by atoms with Crippen LogP contribution in [-0.2, 0) is 11.2 Å². The predicted molar refractivity (Wildman–Crippen MR) is 67.0 cm³/mol. The molecular weight excluding hydrogens is 216 g/mol. The third-order valence-electron chi connectivity index (χ3n) is 2.75. The van der Waals surface area contributed by atoms with Gasteiger partial charge in [0.1, 0.15) is 0 Å². The maximum atomic E-state index is 11.1. The van der Waals surface area contributed by atoms with Crippen molar-refractivity contribution >= 4 is 17.0 Å². The van der Waals surface area contributed by atoms with Crippen molar-refractivity contribution in [3.8, 4) is 0 Å². The van der Waals surface area contributed by atoms with E-state index in [1.54, 1.807) is 0 Å². The van der Waals surface area contributed by atoms with Gasteiger partial charge in [-0.25, -0.2) is 4.79 Å². The maximum Gasteiger partial charge on any atom is 0.407 e. The second kappa shape index (κ2) is 4.91. The van der Waals surface area contributed by atoms with Gasteiger partial charge in [-0.05, 0) is 25.0 Å². The summed E-state index contributed by atoms with van der Waals surface area (Å²) >= 11 is 0. The van der Waals surface area contributed by atoms with Crippen molar-refractivity contribution in [1.29, 1.82) is 0 Å². The molecule has 2 N–H and O–H groups in total. The first-order valence-electron chi connectivity index (χ1n) is 5.60. The quantitative estimate of drug-likeness (QED) is 0.854. The van der Waals surface area contributed by atoms with Crippen LogP contribution >= 0.6 is 0 Å². The molecule has 1 unspecified atom stereocenters. The molecule has 0 aliphatic carbocycles. The Hall–Kier alpha value is -1.97. The number of rotatable bonds is 3. The van der Waals surface area contributed by atoms with E-state index in [-0.39, 0.29) is 6.04 Å². The van der Waals surface area contributed by atoms with E-state index in [1.165, 1.54) is 18.1 Å². The minimum Gasteiger partial charge on any atom is -0.453 e. The molecule has 1 aromatic heterocycles. The Morgan fingerprint density at radius 2 is 2.24 bits per heavy atom. The molecule has 0 saturated heterocycles. The van der Waals surface area contributed by atoms with Crippen LogP contribution in [0.2, 0.25) is 0 Å². The number of fused-ring (bicyclic) bond motifs is 1. The summed E-state index contributed by atoms with van der Waals surface area (Å²) in [7, 11) is 1.37. The lowest BCUT2D eigenvalue weighted by Gasteiger charge is -2.11. The van der Waals surface area contributed by atoms with Crippen molar-refractivity contribution < 1.29 is 9.53 Å². The summed E-state index contributed by atoms with van der Waals surface area (Å²) in [5.74, 6) is 0. The number of H-pyrrole nitrogens is 1. The average molecular weight is 232 g/mol. The molecule has 0 fully saturated rings. The molecule has 0 spiro atoms. The van der Waals surface area contributed by atoms with Crippen molar-refractivity contribution in [2.75, 3.05) is 7.11 Å². The zero-order valence-corrected chi connectivity index (χ0v) is 9.99. The van der Waals surface area contributed by atoms with Crippen molar-refractivity contribution in [2.45, 2.75) is 19.4 Å². The normalized spacial score (nSPS) is 12.4. The molecule has 4 nitrogen and oxygen atoms in total. The molecular formula is C13H16N2O2. The first kappa shape index (κ1) is 11.5. The summed E-state index contributed by atoms with van der Waals surface area (Å²) in [6.07, 6.45) is 2.37. The Morgan fingerprint density at radius 1 is 1.47 bits per heavy atom. The molecule has 17 heavy (non-hydrogen) atoms. The zero-order valence-electron chi connectivity index (χ0n) is 9.99. The fraction of sp³-hybridized carbons (Fsp3) is 0.308. The number of methoxy groups -OCH3 is 1. The van der Waals surface area contributed by atoms with Gasteiger partial charge in [0, 0.05) is 23.1 Å². The minimum atomic E-state index is -0.391. The highest BCUT2D eigenvalue weighted by molar-refractivity contribution is 5.83. The fourth-order valence-electron chi connectivity index (χ4n) is 1.94. The molecule has 0 bridgehead atoms. The van der Waals surface area contributed by atoms with Gasteiger partial charge in [-0.15, -0.1) is 0 Å². The predicted octanol–water partition coefficient (Wildman–Crippen LogP) is 2.45. The van der Waals surface area contributed by atoms with E-state index in [9.17, 15) is 4.79 Å². The van der Waals surface area contributed by atoms with Crippen LogP contribution in [0.4, 0.5) is 4.79 Å². The van der Waals surface area contributed by atoms with Crippen molar-refractivity contribution in [3.63, 3.8) is 0 Å². The van der Waals surface area contributed by atoms with E-state index in [0.717, 1.165) is 11.9 Å². The molecule has 2 aromatic rings. The Bertz CT molecular complexity index is 519. The van der Waals surface area contributed by atoms with E-state index in [1.807, 2.05) is 31.3 Å². The largest absolute Gasteiger partial charge is 0.453 e. The Morgan fingerprint density at radius 3 is 3.00 bits per heavy atom. The second-order valence-corrected chi connectivity index (χ2v) is 4.10. The minimum absolute atomic E-state index is 0.0432. The SMILES string of the molecule is COC(=O)NC(C)Cc1c[nH]c2ccccc12. The van der Waals surface area contributed by atoms with Gasteiger partial charge in [-0.2, -0.15) is 0 Å². The van der Waals surface area contributed by atoms with E-state index in [4.69, 9.17) is 0 Å². The second-order valence-electron chi connectivity index (χ2n) is 4.10. The molecule has 0 saturated carbocycles. The van der Waals surface area contributed by atoms with Gasteiger partial charge in [0.05, 0.1) is 7.11 Å². The molecule has 1 heterocycles. The standard InChI is InChI=1S/C13H16N2O2/c1-9(15-13(16)17-2)7-10-8-14-12-6-4-3-5-11(10)12/h3-6,8-9,14H,7H2,1-2H3,(H,15,16). The molecule has 0 aliphatic heterocycles.